The second kappa shape index (κ2) is 6.43. The summed E-state index contributed by atoms with van der Waals surface area (Å²) >= 11 is 0. The molecule has 2 aromatic heterocycles. The molecule has 2 aliphatic rings. The molecule has 2 aliphatic carbocycles. The van der Waals surface area contributed by atoms with Gasteiger partial charge in [0, 0.05) is 17.5 Å². The monoisotopic (exact) mass is 341 g/mol. The van der Waals surface area contributed by atoms with Crippen LogP contribution in [0.25, 0.3) is 5.65 Å². The van der Waals surface area contributed by atoms with E-state index in [-0.39, 0.29) is 5.97 Å². The third-order valence-corrected chi connectivity index (χ3v) is 5.94. The van der Waals surface area contributed by atoms with Gasteiger partial charge in [0.15, 0.2) is 11.3 Å². The van der Waals surface area contributed by atoms with E-state index in [2.05, 4.69) is 25.0 Å². The average Bonchev–Trinajstić information content (AvgIpc) is 3.28. The number of aromatic nitrogens is 3. The van der Waals surface area contributed by atoms with Gasteiger partial charge in [-0.15, -0.1) is 0 Å². The molecule has 0 aromatic carbocycles. The molecule has 4 rings (SSSR count). The summed E-state index contributed by atoms with van der Waals surface area (Å²) in [6.07, 6.45) is 6.66. The summed E-state index contributed by atoms with van der Waals surface area (Å²) in [6, 6.07) is 3.94. The fraction of sp³-hybridized carbons (Fsp3) is 0.650. The zero-order valence-corrected chi connectivity index (χ0v) is 15.4. The number of carbonyl (C=O) groups is 1. The maximum atomic E-state index is 12.0. The minimum Gasteiger partial charge on any atom is -0.461 e. The van der Waals surface area contributed by atoms with Gasteiger partial charge in [0.1, 0.15) is 0 Å². The van der Waals surface area contributed by atoms with E-state index in [1.807, 2.05) is 0 Å². The van der Waals surface area contributed by atoms with Gasteiger partial charge < -0.3 is 4.74 Å². The van der Waals surface area contributed by atoms with Crippen LogP contribution in [-0.2, 0) is 11.2 Å². The fourth-order valence-electron chi connectivity index (χ4n) is 4.77. The number of ether oxygens (including phenoxy) is 1. The topological polar surface area (TPSA) is 56.5 Å². The molecule has 0 N–H and O–H groups in total. The summed E-state index contributed by atoms with van der Waals surface area (Å²) in [5.74, 6) is 2.57. The molecule has 134 valence electrons. The van der Waals surface area contributed by atoms with Crippen LogP contribution in [0.15, 0.2) is 12.1 Å². The summed E-state index contributed by atoms with van der Waals surface area (Å²) in [7, 11) is 0. The van der Waals surface area contributed by atoms with E-state index in [4.69, 9.17) is 9.72 Å². The number of nitrogens with zero attached hydrogens (tertiary/aromatic N) is 3. The van der Waals surface area contributed by atoms with E-state index in [9.17, 15) is 4.79 Å². The Morgan fingerprint density at radius 1 is 1.32 bits per heavy atom. The highest BCUT2D eigenvalue weighted by atomic mass is 16.5. The molecule has 25 heavy (non-hydrogen) atoms. The van der Waals surface area contributed by atoms with Crippen LogP contribution >= 0.6 is 0 Å². The van der Waals surface area contributed by atoms with Crippen LogP contribution in [0.3, 0.4) is 0 Å². The van der Waals surface area contributed by atoms with Gasteiger partial charge in [0.25, 0.3) is 0 Å². The molecule has 5 nitrogen and oxygen atoms in total. The Morgan fingerprint density at radius 3 is 2.80 bits per heavy atom. The van der Waals surface area contributed by atoms with Crippen molar-refractivity contribution in [3.63, 3.8) is 0 Å². The van der Waals surface area contributed by atoms with Gasteiger partial charge in [0.05, 0.1) is 6.61 Å². The maximum absolute atomic E-state index is 12.0. The fourth-order valence-corrected chi connectivity index (χ4v) is 4.77. The molecule has 0 aliphatic heterocycles. The number of esters is 1. The van der Waals surface area contributed by atoms with Crippen molar-refractivity contribution in [3.05, 3.63) is 29.2 Å². The van der Waals surface area contributed by atoms with Crippen molar-refractivity contribution >= 4 is 11.6 Å². The second-order valence-electron chi connectivity index (χ2n) is 7.99. The van der Waals surface area contributed by atoms with Gasteiger partial charge in [-0.1, -0.05) is 20.3 Å². The van der Waals surface area contributed by atoms with Crippen LogP contribution in [0.1, 0.15) is 74.2 Å². The molecule has 0 saturated heterocycles. The van der Waals surface area contributed by atoms with Crippen molar-refractivity contribution in [2.45, 2.75) is 58.8 Å². The second-order valence-corrected chi connectivity index (χ2v) is 7.99. The standard InChI is InChI=1S/C20H27N3O2/c1-4-25-20(24)17-11-19-21-16(10-18(12(2)3)23(19)22-17)9-15-8-13-5-6-14(15)7-13/h10-15H,4-9H2,1-3H3. The SMILES string of the molecule is CCOC(=O)c1cc2nc(CC3CC4CCC3C4)cc(C(C)C)n2n1. The van der Waals surface area contributed by atoms with Gasteiger partial charge in [-0.25, -0.2) is 14.3 Å². The summed E-state index contributed by atoms with van der Waals surface area (Å²) in [4.78, 5) is 16.8. The summed E-state index contributed by atoms with van der Waals surface area (Å²) < 4.78 is 6.89. The smallest absolute Gasteiger partial charge is 0.358 e. The van der Waals surface area contributed by atoms with Crippen molar-refractivity contribution < 1.29 is 9.53 Å². The largest absolute Gasteiger partial charge is 0.461 e. The minimum absolute atomic E-state index is 0.319. The lowest BCUT2D eigenvalue weighted by atomic mass is 9.85. The molecule has 3 unspecified atom stereocenters. The lowest BCUT2D eigenvalue weighted by molar-refractivity contribution is 0.0519. The lowest BCUT2D eigenvalue weighted by Crippen LogP contribution is -2.15. The first-order valence-corrected chi connectivity index (χ1v) is 9.61. The maximum Gasteiger partial charge on any atom is 0.358 e. The first-order chi connectivity index (χ1) is 12.0. The van der Waals surface area contributed by atoms with Crippen LogP contribution in [0.5, 0.6) is 0 Å². The number of fused-ring (bicyclic) bond motifs is 3. The number of carbonyl (C=O) groups excluding carboxylic acids is 1. The highest BCUT2D eigenvalue weighted by molar-refractivity contribution is 5.88. The summed E-state index contributed by atoms with van der Waals surface area (Å²) in [6.45, 7) is 6.47. The average molecular weight is 341 g/mol. The van der Waals surface area contributed by atoms with Crippen molar-refractivity contribution in [1.82, 2.24) is 14.6 Å². The van der Waals surface area contributed by atoms with E-state index >= 15 is 0 Å². The molecule has 0 radical (unpaired) electrons. The molecule has 0 amide bonds. The Balaban J connectivity index is 1.67. The van der Waals surface area contributed by atoms with Gasteiger partial charge in [-0.3, -0.25) is 0 Å². The molecule has 0 spiro atoms. The van der Waals surface area contributed by atoms with Crippen molar-refractivity contribution in [2.24, 2.45) is 17.8 Å². The van der Waals surface area contributed by atoms with E-state index in [0.29, 0.717) is 18.2 Å². The predicted octanol–water partition coefficient (Wildman–Crippen LogP) is 4.01. The summed E-state index contributed by atoms with van der Waals surface area (Å²) in [5, 5.41) is 4.44. The Kier molecular flexibility index (Phi) is 4.26. The van der Waals surface area contributed by atoms with Gasteiger partial charge in [-0.05, 0) is 62.3 Å². The van der Waals surface area contributed by atoms with E-state index in [1.165, 1.54) is 25.7 Å². The first kappa shape index (κ1) is 16.6. The zero-order valence-electron chi connectivity index (χ0n) is 15.4. The summed E-state index contributed by atoms with van der Waals surface area (Å²) in [5.41, 5.74) is 3.35. The van der Waals surface area contributed by atoms with E-state index in [0.717, 1.165) is 41.2 Å². The minimum atomic E-state index is -0.377. The number of hydrogen-bond donors (Lipinski definition) is 0. The predicted molar refractivity (Wildman–Crippen MR) is 95.7 cm³/mol. The zero-order chi connectivity index (χ0) is 17.6. The van der Waals surface area contributed by atoms with Crippen molar-refractivity contribution in [2.75, 3.05) is 6.61 Å². The number of rotatable bonds is 5. The van der Waals surface area contributed by atoms with Crippen molar-refractivity contribution in [1.29, 1.82) is 0 Å². The number of hydrogen-bond acceptors (Lipinski definition) is 4. The van der Waals surface area contributed by atoms with Gasteiger partial charge >= 0.3 is 5.97 Å². The molecular formula is C20H27N3O2. The van der Waals surface area contributed by atoms with Crippen LogP contribution < -0.4 is 0 Å². The molecule has 2 fully saturated rings. The highest BCUT2D eigenvalue weighted by Crippen LogP contribution is 2.49. The quantitative estimate of drug-likeness (QED) is 0.771. The Labute approximate surface area is 148 Å². The molecule has 2 aromatic rings. The van der Waals surface area contributed by atoms with Gasteiger partial charge in [0.2, 0.25) is 0 Å². The van der Waals surface area contributed by atoms with Crippen LogP contribution in [-0.4, -0.2) is 27.2 Å². The molecule has 3 atom stereocenters. The molecule has 2 bridgehead atoms. The Morgan fingerprint density at radius 2 is 2.16 bits per heavy atom. The van der Waals surface area contributed by atoms with E-state index in [1.54, 1.807) is 17.5 Å². The van der Waals surface area contributed by atoms with E-state index < -0.39 is 0 Å². The van der Waals surface area contributed by atoms with Crippen LogP contribution in [0.4, 0.5) is 0 Å². The van der Waals surface area contributed by atoms with Gasteiger partial charge in [-0.2, -0.15) is 5.10 Å². The third kappa shape index (κ3) is 3.05. The highest BCUT2D eigenvalue weighted by Gasteiger charge is 2.39. The Hall–Kier alpha value is -1.91. The molecule has 2 saturated carbocycles. The normalized spacial score (nSPS) is 25.2. The third-order valence-electron chi connectivity index (χ3n) is 5.94. The van der Waals surface area contributed by atoms with Crippen LogP contribution in [0.2, 0.25) is 0 Å². The molecular weight excluding hydrogens is 314 g/mol. The first-order valence-electron chi connectivity index (χ1n) is 9.61. The van der Waals surface area contributed by atoms with Crippen LogP contribution in [0, 0.1) is 17.8 Å². The molecule has 2 heterocycles. The van der Waals surface area contributed by atoms with Crippen molar-refractivity contribution in [3.8, 4) is 0 Å². The lowest BCUT2D eigenvalue weighted by Gasteiger charge is -2.21. The Bertz CT molecular complexity index is 796. The molecule has 5 heteroatoms.